The molecule has 0 spiro atoms. The van der Waals surface area contributed by atoms with Crippen LogP contribution in [0.2, 0.25) is 0 Å². The Morgan fingerprint density at radius 1 is 1.40 bits per heavy atom. The van der Waals surface area contributed by atoms with Gasteiger partial charge in [0, 0.05) is 14.2 Å². The van der Waals surface area contributed by atoms with E-state index in [0.717, 1.165) is 17.9 Å². The van der Waals surface area contributed by atoms with Crippen LogP contribution in [0.5, 0.6) is 0 Å². The van der Waals surface area contributed by atoms with Gasteiger partial charge in [0.15, 0.2) is 0 Å². The van der Waals surface area contributed by atoms with Crippen LogP contribution in [0.25, 0.3) is 0 Å². The van der Waals surface area contributed by atoms with Crippen molar-refractivity contribution in [3.05, 3.63) is 0 Å². The van der Waals surface area contributed by atoms with Gasteiger partial charge in [0.05, 0.1) is 0 Å². The summed E-state index contributed by atoms with van der Waals surface area (Å²) in [6.45, 7) is 3.97. The lowest BCUT2D eigenvalue weighted by molar-refractivity contribution is -0.262. The fourth-order valence-corrected chi connectivity index (χ4v) is 1.13. The minimum atomic E-state index is -0.486. The predicted molar refractivity (Wildman–Crippen MR) is 39.9 cm³/mol. The molecule has 0 amide bonds. The molecule has 0 saturated carbocycles. The van der Waals surface area contributed by atoms with Gasteiger partial charge >= 0.3 is 0 Å². The number of nitrogens with zero attached hydrogens (tertiary/aromatic N) is 1. The molecule has 0 aliphatic heterocycles. The molecule has 0 aromatic carbocycles. The van der Waals surface area contributed by atoms with Crippen LogP contribution in [-0.2, 0) is 4.74 Å². The van der Waals surface area contributed by atoms with Crippen molar-refractivity contribution in [2.45, 2.75) is 32.4 Å². The second-order valence-electron chi connectivity index (χ2n) is 2.38. The average molecular weight is 147 g/mol. The summed E-state index contributed by atoms with van der Waals surface area (Å²) >= 11 is 0. The molecule has 0 bridgehead atoms. The maximum atomic E-state index is 9.17. The van der Waals surface area contributed by atoms with Crippen LogP contribution >= 0.6 is 0 Å². The van der Waals surface area contributed by atoms with E-state index in [2.05, 4.69) is 0 Å². The van der Waals surface area contributed by atoms with E-state index in [0.29, 0.717) is 0 Å². The molecular weight excluding hydrogens is 130 g/mol. The lowest BCUT2D eigenvalue weighted by atomic mass is 10.1. The lowest BCUT2D eigenvalue weighted by Gasteiger charge is -2.34. The Kier molecular flexibility index (Phi) is 3.86. The lowest BCUT2D eigenvalue weighted by Crippen LogP contribution is -2.45. The number of ether oxygens (including phenoxy) is 1. The fourth-order valence-electron chi connectivity index (χ4n) is 1.13. The molecule has 0 fully saturated rings. The highest BCUT2D eigenvalue weighted by Gasteiger charge is 2.29. The number of methoxy groups -OCH3 is 1. The predicted octanol–water partition coefficient (Wildman–Crippen LogP) is 1.47. The number of hydrogen-bond donors (Lipinski definition) is 1. The van der Waals surface area contributed by atoms with E-state index >= 15 is 0 Å². The van der Waals surface area contributed by atoms with Crippen LogP contribution in [0, 0.1) is 0 Å². The molecule has 0 aliphatic carbocycles. The van der Waals surface area contributed by atoms with Gasteiger partial charge in [0.1, 0.15) is 5.72 Å². The molecule has 0 radical (unpaired) electrons. The second kappa shape index (κ2) is 3.91. The average Bonchev–Trinajstić information content (AvgIpc) is 1.92. The third kappa shape index (κ3) is 1.68. The monoisotopic (exact) mass is 147 g/mol. The van der Waals surface area contributed by atoms with Crippen LogP contribution in [0.3, 0.4) is 0 Å². The Morgan fingerprint density at radius 3 is 1.80 bits per heavy atom. The van der Waals surface area contributed by atoms with Gasteiger partial charge in [0.2, 0.25) is 0 Å². The molecule has 1 N–H and O–H groups in total. The van der Waals surface area contributed by atoms with Crippen LogP contribution < -0.4 is 0 Å². The maximum Gasteiger partial charge on any atom is 0.142 e. The molecule has 0 atom stereocenters. The van der Waals surface area contributed by atoms with Crippen molar-refractivity contribution in [3.63, 3.8) is 0 Å². The number of rotatable bonds is 4. The largest absolute Gasteiger partial charge is 0.362 e. The van der Waals surface area contributed by atoms with Crippen molar-refractivity contribution in [1.29, 1.82) is 0 Å². The van der Waals surface area contributed by atoms with Crippen LogP contribution in [0.15, 0.2) is 0 Å². The zero-order valence-corrected chi connectivity index (χ0v) is 7.22. The van der Waals surface area contributed by atoms with Gasteiger partial charge < -0.3 is 9.94 Å². The molecule has 0 unspecified atom stereocenters. The molecule has 0 aromatic heterocycles. The van der Waals surface area contributed by atoms with Crippen LogP contribution in [0.4, 0.5) is 0 Å². The first kappa shape index (κ1) is 9.88. The van der Waals surface area contributed by atoms with Crippen molar-refractivity contribution in [2.24, 2.45) is 0 Å². The van der Waals surface area contributed by atoms with Gasteiger partial charge in [0.25, 0.3) is 0 Å². The quantitative estimate of drug-likeness (QED) is 0.483. The smallest absolute Gasteiger partial charge is 0.142 e. The SMILES string of the molecule is CCC(CC)(OC)N(C)O. The van der Waals surface area contributed by atoms with E-state index in [1.165, 1.54) is 0 Å². The minimum Gasteiger partial charge on any atom is -0.362 e. The van der Waals surface area contributed by atoms with E-state index in [4.69, 9.17) is 4.74 Å². The van der Waals surface area contributed by atoms with E-state index in [1.54, 1.807) is 14.2 Å². The van der Waals surface area contributed by atoms with E-state index < -0.39 is 5.72 Å². The van der Waals surface area contributed by atoms with E-state index in [1.807, 2.05) is 13.8 Å². The third-order valence-electron chi connectivity index (χ3n) is 2.07. The first-order chi connectivity index (χ1) is 4.63. The Morgan fingerprint density at radius 2 is 1.80 bits per heavy atom. The number of hydroxylamine groups is 2. The Balaban J connectivity index is 4.15. The molecule has 0 heterocycles. The van der Waals surface area contributed by atoms with Crippen molar-refractivity contribution in [2.75, 3.05) is 14.2 Å². The van der Waals surface area contributed by atoms with E-state index in [9.17, 15) is 5.21 Å². The van der Waals surface area contributed by atoms with Crippen LogP contribution in [-0.4, -0.2) is 30.2 Å². The third-order valence-corrected chi connectivity index (χ3v) is 2.07. The topological polar surface area (TPSA) is 32.7 Å². The van der Waals surface area contributed by atoms with Crippen molar-refractivity contribution >= 4 is 0 Å². The normalized spacial score (nSPS) is 12.6. The number of hydrogen-bond acceptors (Lipinski definition) is 3. The molecule has 3 nitrogen and oxygen atoms in total. The van der Waals surface area contributed by atoms with Gasteiger partial charge in [-0.2, -0.15) is 5.06 Å². The zero-order valence-electron chi connectivity index (χ0n) is 7.22. The Hall–Kier alpha value is -0.120. The summed E-state index contributed by atoms with van der Waals surface area (Å²) in [5, 5.41) is 10.3. The van der Waals surface area contributed by atoms with Crippen molar-refractivity contribution in [3.8, 4) is 0 Å². The molecule has 3 heteroatoms. The molecule has 0 rings (SSSR count). The fraction of sp³-hybridized carbons (Fsp3) is 1.00. The minimum absolute atomic E-state index is 0.486. The summed E-state index contributed by atoms with van der Waals surface area (Å²) in [4.78, 5) is 0. The summed E-state index contributed by atoms with van der Waals surface area (Å²) in [5.41, 5.74) is -0.486. The molecule has 10 heavy (non-hydrogen) atoms. The Bertz CT molecular complexity index is 81.3. The first-order valence-corrected chi connectivity index (χ1v) is 3.60. The van der Waals surface area contributed by atoms with Crippen molar-refractivity contribution in [1.82, 2.24) is 5.06 Å². The highest BCUT2D eigenvalue weighted by atomic mass is 16.6. The summed E-state index contributed by atoms with van der Waals surface area (Å²) in [5.74, 6) is 0. The molecule has 0 aliphatic rings. The van der Waals surface area contributed by atoms with E-state index in [-0.39, 0.29) is 0 Å². The first-order valence-electron chi connectivity index (χ1n) is 3.60. The van der Waals surface area contributed by atoms with Crippen molar-refractivity contribution < 1.29 is 9.94 Å². The summed E-state index contributed by atoms with van der Waals surface area (Å²) in [6.07, 6.45) is 1.57. The standard InChI is InChI=1S/C7H17NO2/c1-5-7(6-2,10-4)8(3)9/h9H,5-6H2,1-4H3. The van der Waals surface area contributed by atoms with Gasteiger partial charge in [-0.25, -0.2) is 0 Å². The van der Waals surface area contributed by atoms with Gasteiger partial charge in [-0.05, 0) is 12.8 Å². The van der Waals surface area contributed by atoms with Gasteiger partial charge in [-0.3, -0.25) is 0 Å². The maximum absolute atomic E-state index is 9.17. The van der Waals surface area contributed by atoms with Gasteiger partial charge in [-0.1, -0.05) is 13.8 Å². The molecule has 0 saturated heterocycles. The molecular formula is C7H17NO2. The zero-order chi connectivity index (χ0) is 8.20. The second-order valence-corrected chi connectivity index (χ2v) is 2.38. The Labute approximate surface area is 62.6 Å². The summed E-state index contributed by atoms with van der Waals surface area (Å²) in [6, 6.07) is 0. The molecule has 0 aromatic rings. The van der Waals surface area contributed by atoms with Crippen LogP contribution in [0.1, 0.15) is 26.7 Å². The molecule has 62 valence electrons. The highest BCUT2D eigenvalue weighted by Crippen LogP contribution is 2.20. The summed E-state index contributed by atoms with van der Waals surface area (Å²) < 4.78 is 5.17. The summed E-state index contributed by atoms with van der Waals surface area (Å²) in [7, 11) is 3.22. The van der Waals surface area contributed by atoms with Gasteiger partial charge in [-0.15, -0.1) is 0 Å². The highest BCUT2D eigenvalue weighted by molar-refractivity contribution is 4.70.